The zero-order valence-electron chi connectivity index (χ0n) is 15.1. The Hall–Kier alpha value is -3.73. The molecular weight excluding hydrogens is 375 g/mol. The second-order valence-electron chi connectivity index (χ2n) is 6.47. The summed E-state index contributed by atoms with van der Waals surface area (Å²) in [7, 11) is 0. The molecule has 0 radical (unpaired) electrons. The van der Waals surface area contributed by atoms with E-state index < -0.39 is 11.6 Å². The van der Waals surface area contributed by atoms with Gasteiger partial charge in [0.15, 0.2) is 0 Å². The molecule has 0 amide bonds. The van der Waals surface area contributed by atoms with Crippen LogP contribution in [0.5, 0.6) is 0 Å². The number of carbonyl (C=O) groups is 1. The number of hydrogen-bond acceptors (Lipinski definition) is 2. The zero-order chi connectivity index (χ0) is 20.4. The van der Waals surface area contributed by atoms with Crippen molar-refractivity contribution >= 4 is 5.78 Å². The molecule has 4 aromatic rings. The molecule has 0 atom stereocenters. The largest absolute Gasteiger partial charge is 0.287 e. The molecule has 0 saturated heterocycles. The van der Waals surface area contributed by atoms with Gasteiger partial charge in [0.05, 0.1) is 0 Å². The molecule has 1 aromatic heterocycles. The molecule has 0 bridgehead atoms. The van der Waals surface area contributed by atoms with Gasteiger partial charge in [0.25, 0.3) is 0 Å². The summed E-state index contributed by atoms with van der Waals surface area (Å²) in [4.78, 5) is 17.3. The van der Waals surface area contributed by atoms with Crippen LogP contribution in [0.3, 0.4) is 0 Å². The normalized spacial score (nSPS) is 10.7. The highest BCUT2D eigenvalue weighted by atomic mass is 19.1. The third-order valence-corrected chi connectivity index (χ3v) is 4.54. The molecule has 4 rings (SSSR count). The summed E-state index contributed by atoms with van der Waals surface area (Å²) < 4.78 is 39.9. The van der Waals surface area contributed by atoms with Gasteiger partial charge in [0, 0.05) is 22.9 Å². The molecule has 0 fully saturated rings. The fraction of sp³-hybridized carbons (Fsp3) is 0. The van der Waals surface area contributed by atoms with E-state index in [1.54, 1.807) is 30.3 Å². The van der Waals surface area contributed by atoms with Gasteiger partial charge in [-0.2, -0.15) is 0 Å². The van der Waals surface area contributed by atoms with Crippen molar-refractivity contribution in [3.05, 3.63) is 114 Å². The lowest BCUT2D eigenvalue weighted by Crippen LogP contribution is -2.07. The summed E-state index contributed by atoms with van der Waals surface area (Å²) in [5, 5.41) is 0. The summed E-state index contributed by atoms with van der Waals surface area (Å²) in [6.45, 7) is 0. The molecule has 5 heteroatoms. The summed E-state index contributed by atoms with van der Waals surface area (Å²) in [6, 6.07) is 18.6. The Labute approximate surface area is 165 Å². The van der Waals surface area contributed by atoms with E-state index in [0.717, 1.165) is 5.56 Å². The average molecular weight is 389 g/mol. The number of nitrogens with zero attached hydrogens (tertiary/aromatic N) is 1. The van der Waals surface area contributed by atoms with Crippen LogP contribution in [-0.2, 0) is 0 Å². The summed E-state index contributed by atoms with van der Waals surface area (Å²) >= 11 is 0. The van der Waals surface area contributed by atoms with E-state index in [-0.39, 0.29) is 22.9 Å². The highest BCUT2D eigenvalue weighted by Gasteiger charge is 2.18. The maximum atomic E-state index is 13.4. The van der Waals surface area contributed by atoms with Crippen LogP contribution >= 0.6 is 0 Å². The highest BCUT2D eigenvalue weighted by Crippen LogP contribution is 2.30. The summed E-state index contributed by atoms with van der Waals surface area (Å²) in [5.74, 6) is -1.58. The van der Waals surface area contributed by atoms with E-state index in [1.807, 2.05) is 0 Å². The number of carbonyl (C=O) groups excluding carboxylic acids is 1. The molecular formula is C24H14F3NO. The first-order chi connectivity index (χ1) is 14.0. The van der Waals surface area contributed by atoms with Crippen LogP contribution in [-0.4, -0.2) is 10.8 Å². The van der Waals surface area contributed by atoms with Crippen LogP contribution in [0.15, 0.2) is 85.1 Å². The van der Waals surface area contributed by atoms with Crippen LogP contribution in [0.1, 0.15) is 16.1 Å². The van der Waals surface area contributed by atoms with Gasteiger partial charge < -0.3 is 0 Å². The van der Waals surface area contributed by atoms with Crippen LogP contribution in [0.25, 0.3) is 22.3 Å². The first-order valence-corrected chi connectivity index (χ1v) is 8.83. The van der Waals surface area contributed by atoms with Crippen LogP contribution in [0.2, 0.25) is 0 Å². The van der Waals surface area contributed by atoms with Crippen LogP contribution < -0.4 is 0 Å². The number of rotatable bonds is 4. The molecule has 0 N–H and O–H groups in total. The minimum absolute atomic E-state index is 0.161. The third kappa shape index (κ3) is 3.94. The van der Waals surface area contributed by atoms with Gasteiger partial charge in [-0.1, -0.05) is 24.3 Å². The average Bonchev–Trinajstić information content (AvgIpc) is 2.74. The SMILES string of the molecule is O=C(c1ccc(F)cc1)c1ncc(-c2ccc(F)cc2)cc1-c1ccc(F)cc1. The molecule has 29 heavy (non-hydrogen) atoms. The molecule has 0 aliphatic rings. The molecule has 0 spiro atoms. The van der Waals surface area contributed by atoms with Gasteiger partial charge in [-0.25, -0.2) is 13.2 Å². The Morgan fingerprint density at radius 1 is 0.621 bits per heavy atom. The topological polar surface area (TPSA) is 30.0 Å². The first kappa shape index (κ1) is 18.6. The van der Waals surface area contributed by atoms with Gasteiger partial charge in [-0.3, -0.25) is 9.78 Å². The lowest BCUT2D eigenvalue weighted by molar-refractivity contribution is 0.103. The number of hydrogen-bond donors (Lipinski definition) is 0. The summed E-state index contributed by atoms with van der Waals surface area (Å²) in [5.41, 5.74) is 2.96. The fourth-order valence-electron chi connectivity index (χ4n) is 3.03. The van der Waals surface area contributed by atoms with Crippen molar-refractivity contribution in [2.45, 2.75) is 0 Å². The quantitative estimate of drug-likeness (QED) is 0.397. The van der Waals surface area contributed by atoms with E-state index in [2.05, 4.69) is 4.98 Å². The fourth-order valence-corrected chi connectivity index (χ4v) is 3.03. The monoisotopic (exact) mass is 389 g/mol. The minimum atomic E-state index is -0.445. The number of halogens is 3. The zero-order valence-corrected chi connectivity index (χ0v) is 15.1. The lowest BCUT2D eigenvalue weighted by Gasteiger charge is -2.11. The van der Waals surface area contributed by atoms with Gasteiger partial charge in [-0.15, -0.1) is 0 Å². The van der Waals surface area contributed by atoms with Crippen molar-refractivity contribution < 1.29 is 18.0 Å². The van der Waals surface area contributed by atoms with Gasteiger partial charge in [-0.05, 0) is 65.7 Å². The van der Waals surface area contributed by atoms with Crippen molar-refractivity contribution in [1.82, 2.24) is 4.98 Å². The predicted octanol–water partition coefficient (Wildman–Crippen LogP) is 6.06. The number of pyridine rings is 1. The maximum absolute atomic E-state index is 13.4. The Morgan fingerprint density at radius 3 is 1.66 bits per heavy atom. The smallest absolute Gasteiger partial charge is 0.211 e. The van der Waals surface area contributed by atoms with E-state index in [1.165, 1.54) is 54.7 Å². The van der Waals surface area contributed by atoms with Gasteiger partial charge in [0.1, 0.15) is 23.1 Å². The van der Waals surface area contributed by atoms with E-state index in [9.17, 15) is 18.0 Å². The number of ketones is 1. The van der Waals surface area contributed by atoms with Crippen LogP contribution in [0.4, 0.5) is 13.2 Å². The second kappa shape index (κ2) is 7.72. The Balaban J connectivity index is 1.85. The summed E-state index contributed by atoms with van der Waals surface area (Å²) in [6.07, 6.45) is 1.52. The maximum Gasteiger partial charge on any atom is 0.211 e. The Morgan fingerprint density at radius 2 is 1.10 bits per heavy atom. The van der Waals surface area contributed by atoms with Gasteiger partial charge in [0.2, 0.25) is 5.78 Å². The van der Waals surface area contributed by atoms with Crippen molar-refractivity contribution in [1.29, 1.82) is 0 Å². The molecule has 3 aromatic carbocycles. The third-order valence-electron chi connectivity index (χ3n) is 4.54. The van der Waals surface area contributed by atoms with E-state index in [4.69, 9.17) is 0 Å². The molecule has 2 nitrogen and oxygen atoms in total. The number of benzene rings is 3. The molecule has 0 aliphatic heterocycles. The molecule has 1 heterocycles. The first-order valence-electron chi connectivity index (χ1n) is 8.83. The standard InChI is InChI=1S/C24H14F3NO/c25-19-7-1-15(2-8-19)18-13-22(16-3-9-20(26)10-4-16)23(28-14-18)24(29)17-5-11-21(27)12-6-17/h1-14H. The Kier molecular flexibility index (Phi) is 4.96. The van der Waals surface area contributed by atoms with Crippen molar-refractivity contribution in [3.63, 3.8) is 0 Å². The minimum Gasteiger partial charge on any atom is -0.287 e. The Bertz CT molecular complexity index is 1170. The molecule has 0 aliphatic carbocycles. The number of aromatic nitrogens is 1. The highest BCUT2D eigenvalue weighted by molar-refractivity contribution is 6.11. The molecule has 142 valence electrons. The van der Waals surface area contributed by atoms with Gasteiger partial charge >= 0.3 is 0 Å². The van der Waals surface area contributed by atoms with E-state index >= 15 is 0 Å². The van der Waals surface area contributed by atoms with Crippen molar-refractivity contribution in [3.8, 4) is 22.3 Å². The van der Waals surface area contributed by atoms with E-state index in [0.29, 0.717) is 16.7 Å². The van der Waals surface area contributed by atoms with Crippen molar-refractivity contribution in [2.24, 2.45) is 0 Å². The lowest BCUT2D eigenvalue weighted by atomic mass is 9.95. The second-order valence-corrected chi connectivity index (χ2v) is 6.47. The van der Waals surface area contributed by atoms with Crippen LogP contribution in [0, 0.1) is 17.5 Å². The predicted molar refractivity (Wildman–Crippen MR) is 105 cm³/mol. The van der Waals surface area contributed by atoms with Crippen molar-refractivity contribution in [2.75, 3.05) is 0 Å². The molecule has 0 saturated carbocycles. The molecule has 0 unspecified atom stereocenters.